The number of aliphatic carboxylic acids is 2. The fourth-order valence-corrected chi connectivity index (χ4v) is 1.85. The minimum atomic E-state index is -1.57. The molecule has 1 aliphatic heterocycles. The molecule has 118 valence electrons. The van der Waals surface area contributed by atoms with Crippen molar-refractivity contribution >= 4 is 23.9 Å². The van der Waals surface area contributed by atoms with E-state index in [1.807, 2.05) is 0 Å². The number of cyclic esters (lactones) is 2. The largest absolute Gasteiger partial charge is 1.00 e. The second kappa shape index (κ2) is 12.3. The monoisotopic (exact) mass is 340 g/mol. The molecule has 1 fully saturated rings. The Bertz CT molecular complexity index is 390. The maximum atomic E-state index is 11.5. The molecular formula is C10H18N2Na2O8. The number of carboxylic acids is 2. The van der Waals surface area contributed by atoms with Gasteiger partial charge < -0.3 is 33.5 Å². The van der Waals surface area contributed by atoms with Crippen molar-refractivity contribution in [1.82, 2.24) is 6.15 Å². The van der Waals surface area contributed by atoms with E-state index in [0.29, 0.717) is 0 Å². The van der Waals surface area contributed by atoms with E-state index in [1.54, 1.807) is 0 Å². The molecule has 0 aromatic rings. The third-order valence-corrected chi connectivity index (χ3v) is 2.47. The van der Waals surface area contributed by atoms with Crippen molar-refractivity contribution in [3.8, 4) is 0 Å². The van der Waals surface area contributed by atoms with E-state index in [2.05, 4.69) is 0 Å². The van der Waals surface area contributed by atoms with Crippen molar-refractivity contribution in [3.63, 3.8) is 0 Å². The smallest absolute Gasteiger partial charge is 1.00 e. The van der Waals surface area contributed by atoms with Crippen molar-refractivity contribution in [1.29, 1.82) is 0 Å². The van der Waals surface area contributed by atoms with Gasteiger partial charge in [-0.1, -0.05) is 0 Å². The molecule has 0 aliphatic carbocycles. The molecule has 12 heteroatoms. The Hall–Kier alpha value is -0.200. The Morgan fingerprint density at radius 2 is 1.50 bits per heavy atom. The van der Waals surface area contributed by atoms with Crippen molar-refractivity contribution in [2.45, 2.75) is 0 Å². The number of hydrogen-bond acceptors (Lipinski definition) is 8. The Balaban J connectivity index is -0.000000241. The van der Waals surface area contributed by atoms with Crippen LogP contribution >= 0.6 is 0 Å². The molecule has 4 N–H and O–H groups in total. The van der Waals surface area contributed by atoms with Gasteiger partial charge in [0.05, 0.1) is 5.97 Å². The second-order valence-electron chi connectivity index (χ2n) is 4.18. The number of quaternary nitrogens is 1. The van der Waals surface area contributed by atoms with Crippen LogP contribution in [0.15, 0.2) is 0 Å². The van der Waals surface area contributed by atoms with Crippen molar-refractivity contribution < 1.29 is 105 Å². The van der Waals surface area contributed by atoms with E-state index in [0.717, 1.165) is 0 Å². The fourth-order valence-electron chi connectivity index (χ4n) is 1.85. The third kappa shape index (κ3) is 9.74. The number of hydrogen-bond donors (Lipinski definition) is 2. The average molecular weight is 340 g/mol. The predicted octanol–water partition coefficient (Wildman–Crippen LogP) is -8.87. The van der Waals surface area contributed by atoms with Gasteiger partial charge in [-0.15, -0.1) is 0 Å². The standard InChI is InChI=1S/C10H13NO8.H3N.2Na.2H/c12-7(13)3-11(4-8(14)15)5-9(16)18-1-2-19-10(17)6-11;;;;;/h1-6H2,(H-,12,13,14,15);1H3;;;;/q;;2*+1;2*-1. The Morgan fingerprint density at radius 1 is 1.09 bits per heavy atom. The normalized spacial score (nSPS) is 16.7. The molecule has 0 aromatic carbocycles. The Labute approximate surface area is 173 Å². The van der Waals surface area contributed by atoms with E-state index in [-0.39, 0.29) is 81.3 Å². The molecular weight excluding hydrogens is 322 g/mol. The summed E-state index contributed by atoms with van der Waals surface area (Å²) in [5, 5.41) is 19.5. The number of carbonyl (C=O) groups is 4. The Morgan fingerprint density at radius 3 is 1.82 bits per heavy atom. The maximum Gasteiger partial charge on any atom is 1.00 e. The molecule has 1 aliphatic rings. The zero-order chi connectivity index (χ0) is 14.5. The van der Waals surface area contributed by atoms with Gasteiger partial charge in [0, 0.05) is 0 Å². The summed E-state index contributed by atoms with van der Waals surface area (Å²) in [6, 6.07) is 0. The summed E-state index contributed by atoms with van der Waals surface area (Å²) in [7, 11) is 0. The fraction of sp³-hybridized carbons (Fsp3) is 0.600. The van der Waals surface area contributed by atoms with E-state index < -0.39 is 54.5 Å². The summed E-state index contributed by atoms with van der Waals surface area (Å²) >= 11 is 0. The van der Waals surface area contributed by atoms with Gasteiger partial charge >= 0.3 is 77.0 Å². The van der Waals surface area contributed by atoms with Crippen LogP contribution in [0.3, 0.4) is 0 Å². The van der Waals surface area contributed by atoms with Gasteiger partial charge in [0.2, 0.25) is 0 Å². The van der Waals surface area contributed by atoms with Crippen molar-refractivity contribution in [3.05, 3.63) is 0 Å². The summed E-state index contributed by atoms with van der Waals surface area (Å²) < 4.78 is 8.56. The molecule has 1 rings (SSSR count). The van der Waals surface area contributed by atoms with Crippen LogP contribution < -0.4 is 70.4 Å². The number of rotatable bonds is 4. The molecule has 22 heavy (non-hydrogen) atoms. The quantitative estimate of drug-likeness (QED) is 0.287. The van der Waals surface area contributed by atoms with Gasteiger partial charge in [0.15, 0.2) is 19.6 Å². The van der Waals surface area contributed by atoms with Crippen LogP contribution in [0.5, 0.6) is 0 Å². The molecule has 0 spiro atoms. The molecule has 0 aromatic heterocycles. The summed E-state index contributed by atoms with van der Waals surface area (Å²) in [5.41, 5.74) is 0. The van der Waals surface area contributed by atoms with E-state index in [4.69, 9.17) is 14.6 Å². The first-order chi connectivity index (χ1) is 8.83. The van der Waals surface area contributed by atoms with Gasteiger partial charge in [0.1, 0.15) is 19.8 Å². The number of esters is 2. The summed E-state index contributed by atoms with van der Waals surface area (Å²) in [6.07, 6.45) is 0. The molecule has 0 unspecified atom stereocenters. The average Bonchev–Trinajstić information content (AvgIpc) is 2.26. The summed E-state index contributed by atoms with van der Waals surface area (Å²) in [6.45, 7) is -2.91. The van der Waals surface area contributed by atoms with Crippen molar-refractivity contribution in [2.24, 2.45) is 0 Å². The van der Waals surface area contributed by atoms with Crippen LogP contribution in [0.2, 0.25) is 0 Å². The summed E-state index contributed by atoms with van der Waals surface area (Å²) in [5.74, 6) is -4.50. The molecule has 0 radical (unpaired) electrons. The van der Waals surface area contributed by atoms with E-state index in [1.165, 1.54) is 0 Å². The van der Waals surface area contributed by atoms with Gasteiger partial charge in [0.25, 0.3) is 0 Å². The SMILES string of the molecule is N.O=C([O-])C[N+]1(CC(=O)O)CC(=O)OCCOC(=O)C1.[H-].[H-].[Na+].[Na+]. The van der Waals surface area contributed by atoms with Crippen LogP contribution in [0.1, 0.15) is 2.85 Å². The van der Waals surface area contributed by atoms with Gasteiger partial charge in [-0.05, 0) is 0 Å². The number of carboxylic acid groups (broad SMARTS) is 2. The zero-order valence-corrected chi connectivity index (χ0v) is 16.7. The zero-order valence-electron chi connectivity index (χ0n) is 14.7. The minimum Gasteiger partial charge on any atom is -1.00 e. The van der Waals surface area contributed by atoms with Crippen molar-refractivity contribution in [2.75, 3.05) is 39.4 Å². The molecule has 10 nitrogen and oxygen atoms in total. The van der Waals surface area contributed by atoms with Crippen LogP contribution in [0.4, 0.5) is 0 Å². The predicted molar refractivity (Wildman–Crippen MR) is 61.5 cm³/mol. The first-order valence-electron chi connectivity index (χ1n) is 5.41. The second-order valence-corrected chi connectivity index (χ2v) is 4.18. The first kappa shape index (κ1) is 26.7. The topological polar surface area (TPSA) is 165 Å². The van der Waals surface area contributed by atoms with E-state index >= 15 is 0 Å². The molecule has 1 heterocycles. The minimum absolute atomic E-state index is 0. The molecule has 0 bridgehead atoms. The van der Waals surface area contributed by atoms with Gasteiger partial charge in [-0.2, -0.15) is 0 Å². The molecule has 1 saturated heterocycles. The number of nitrogens with zero attached hydrogens (tertiary/aromatic N) is 1. The number of carbonyl (C=O) groups excluding carboxylic acids is 3. The van der Waals surface area contributed by atoms with Gasteiger partial charge in [-0.25, -0.2) is 14.4 Å². The molecule has 0 saturated carbocycles. The first-order valence-corrected chi connectivity index (χ1v) is 5.41. The molecule has 0 amide bonds. The van der Waals surface area contributed by atoms with E-state index in [9.17, 15) is 24.3 Å². The van der Waals surface area contributed by atoms with Crippen LogP contribution in [0.25, 0.3) is 0 Å². The third-order valence-electron chi connectivity index (χ3n) is 2.47. The van der Waals surface area contributed by atoms with Crippen LogP contribution in [0, 0.1) is 0 Å². The summed E-state index contributed by atoms with van der Waals surface area (Å²) in [4.78, 5) is 44.5. The van der Waals surface area contributed by atoms with Crippen LogP contribution in [-0.2, 0) is 28.7 Å². The maximum absolute atomic E-state index is 11.5. The number of ether oxygens (including phenoxy) is 2. The van der Waals surface area contributed by atoms with Gasteiger partial charge in [-0.3, -0.25) is 4.48 Å². The molecule has 0 atom stereocenters. The Kier molecular flexibility index (Phi) is 14.9. The van der Waals surface area contributed by atoms with Crippen LogP contribution in [-0.4, -0.2) is 72.9 Å².